The van der Waals surface area contributed by atoms with Gasteiger partial charge in [0.05, 0.1) is 5.69 Å². The number of phenolic OH excluding ortho intramolecular Hbond substituents is 1. The van der Waals surface area contributed by atoms with Crippen molar-refractivity contribution in [2.45, 2.75) is 6.04 Å². The average Bonchev–Trinajstić information content (AvgIpc) is 2.76. The molecule has 3 rings (SSSR count). The highest BCUT2D eigenvalue weighted by Crippen LogP contribution is 2.31. The number of thiocarbonyl (C=S) groups is 1. The Bertz CT molecular complexity index is 718. The highest BCUT2D eigenvalue weighted by molar-refractivity contribution is 7.80. The lowest BCUT2D eigenvalue weighted by Crippen LogP contribution is -2.30. The second-order valence-corrected chi connectivity index (χ2v) is 5.39. The van der Waals surface area contributed by atoms with Gasteiger partial charge in [-0.3, -0.25) is 9.69 Å². The Morgan fingerprint density at radius 3 is 2.48 bits per heavy atom. The minimum Gasteiger partial charge on any atom is -0.508 e. The third-order valence-electron chi connectivity index (χ3n) is 3.26. The molecular formula is C15H11ClN2O2S. The Labute approximate surface area is 132 Å². The van der Waals surface area contributed by atoms with E-state index in [1.165, 1.54) is 17.0 Å². The lowest BCUT2D eigenvalue weighted by atomic mass is 10.1. The molecule has 0 saturated carbocycles. The van der Waals surface area contributed by atoms with Gasteiger partial charge in [-0.2, -0.15) is 0 Å². The molecule has 1 unspecified atom stereocenters. The van der Waals surface area contributed by atoms with E-state index in [2.05, 4.69) is 5.32 Å². The van der Waals surface area contributed by atoms with Gasteiger partial charge in [-0.1, -0.05) is 29.8 Å². The van der Waals surface area contributed by atoms with Crippen LogP contribution in [-0.4, -0.2) is 16.1 Å². The molecule has 0 radical (unpaired) electrons. The first-order chi connectivity index (χ1) is 10.1. The molecule has 0 aromatic heterocycles. The molecule has 0 aliphatic carbocycles. The van der Waals surface area contributed by atoms with Crippen molar-refractivity contribution in [3.8, 4) is 5.75 Å². The maximum absolute atomic E-state index is 12.6. The SMILES string of the molecule is O=C1C(c2ccccc2Cl)NC(=S)N1c1ccc(O)cc1. The van der Waals surface area contributed by atoms with Crippen LogP contribution in [0.15, 0.2) is 48.5 Å². The van der Waals surface area contributed by atoms with E-state index in [4.69, 9.17) is 23.8 Å². The van der Waals surface area contributed by atoms with E-state index >= 15 is 0 Å². The van der Waals surface area contributed by atoms with Gasteiger partial charge >= 0.3 is 0 Å². The van der Waals surface area contributed by atoms with Crippen LogP contribution < -0.4 is 10.2 Å². The Morgan fingerprint density at radius 2 is 1.81 bits per heavy atom. The van der Waals surface area contributed by atoms with Gasteiger partial charge < -0.3 is 10.4 Å². The summed E-state index contributed by atoms with van der Waals surface area (Å²) in [6, 6.07) is 12.8. The fourth-order valence-corrected chi connectivity index (χ4v) is 2.80. The van der Waals surface area contributed by atoms with Crippen LogP contribution in [-0.2, 0) is 4.79 Å². The lowest BCUT2D eigenvalue weighted by Gasteiger charge is -2.15. The monoisotopic (exact) mass is 318 g/mol. The van der Waals surface area contributed by atoms with E-state index in [0.29, 0.717) is 21.4 Å². The number of nitrogens with one attached hydrogen (secondary N) is 1. The van der Waals surface area contributed by atoms with Crippen LogP contribution in [0.2, 0.25) is 5.02 Å². The molecule has 21 heavy (non-hydrogen) atoms. The Morgan fingerprint density at radius 1 is 1.14 bits per heavy atom. The van der Waals surface area contributed by atoms with E-state index in [9.17, 15) is 9.90 Å². The largest absolute Gasteiger partial charge is 0.508 e. The highest BCUT2D eigenvalue weighted by Gasteiger charge is 2.38. The lowest BCUT2D eigenvalue weighted by molar-refractivity contribution is -0.118. The maximum atomic E-state index is 12.6. The molecule has 2 aromatic rings. The molecule has 0 spiro atoms. The van der Waals surface area contributed by atoms with Crippen molar-refractivity contribution in [2.75, 3.05) is 4.90 Å². The maximum Gasteiger partial charge on any atom is 0.260 e. The number of benzene rings is 2. The summed E-state index contributed by atoms with van der Waals surface area (Å²) in [5.74, 6) is -0.0642. The van der Waals surface area contributed by atoms with Gasteiger partial charge in [0.25, 0.3) is 5.91 Å². The second kappa shape index (κ2) is 5.35. The normalized spacial score (nSPS) is 18.0. The zero-order valence-corrected chi connectivity index (χ0v) is 12.4. The Kier molecular flexibility index (Phi) is 3.53. The molecule has 106 valence electrons. The van der Waals surface area contributed by atoms with Crippen LogP contribution in [0.5, 0.6) is 5.75 Å². The quantitative estimate of drug-likeness (QED) is 0.836. The molecule has 0 bridgehead atoms. The number of phenols is 1. The zero-order valence-electron chi connectivity index (χ0n) is 10.8. The van der Waals surface area contributed by atoms with E-state index in [1.54, 1.807) is 30.3 Å². The van der Waals surface area contributed by atoms with E-state index in [1.807, 2.05) is 6.07 Å². The molecule has 1 amide bonds. The smallest absolute Gasteiger partial charge is 0.260 e. The molecule has 1 heterocycles. The Balaban J connectivity index is 1.96. The van der Waals surface area contributed by atoms with Gasteiger partial charge in [0.2, 0.25) is 0 Å². The first kappa shape index (κ1) is 13.9. The highest BCUT2D eigenvalue weighted by atomic mass is 35.5. The van der Waals surface area contributed by atoms with Crippen LogP contribution in [0.1, 0.15) is 11.6 Å². The number of hydrogen-bond donors (Lipinski definition) is 2. The third-order valence-corrected chi connectivity index (χ3v) is 3.91. The van der Waals surface area contributed by atoms with Crippen molar-refractivity contribution < 1.29 is 9.90 Å². The zero-order chi connectivity index (χ0) is 15.0. The van der Waals surface area contributed by atoms with Gasteiger partial charge in [-0.15, -0.1) is 0 Å². The van der Waals surface area contributed by atoms with Crippen LogP contribution in [0, 0.1) is 0 Å². The number of hydrogen-bond acceptors (Lipinski definition) is 3. The van der Waals surface area contributed by atoms with Crippen molar-refractivity contribution in [1.29, 1.82) is 0 Å². The standard InChI is InChI=1S/C15H11ClN2O2S/c16-12-4-2-1-3-11(12)13-14(20)18(15(21)17-13)9-5-7-10(19)8-6-9/h1-8,13,19H,(H,17,21). The van der Waals surface area contributed by atoms with Gasteiger partial charge in [0.1, 0.15) is 11.8 Å². The molecule has 1 fully saturated rings. The fraction of sp³-hybridized carbons (Fsp3) is 0.0667. The first-order valence-corrected chi connectivity index (χ1v) is 7.04. The second-order valence-electron chi connectivity index (χ2n) is 4.59. The summed E-state index contributed by atoms with van der Waals surface area (Å²) in [5.41, 5.74) is 1.29. The van der Waals surface area contributed by atoms with Crippen molar-refractivity contribution in [3.05, 3.63) is 59.1 Å². The predicted octanol–water partition coefficient (Wildman–Crippen LogP) is 3.01. The van der Waals surface area contributed by atoms with Crippen molar-refractivity contribution in [3.63, 3.8) is 0 Å². The number of anilines is 1. The minimum absolute atomic E-state index is 0.131. The summed E-state index contributed by atoms with van der Waals surface area (Å²) < 4.78 is 0. The Hall–Kier alpha value is -2.11. The van der Waals surface area contributed by atoms with Crippen molar-refractivity contribution in [1.82, 2.24) is 5.32 Å². The number of nitrogens with zero attached hydrogens (tertiary/aromatic N) is 1. The van der Waals surface area contributed by atoms with Crippen LogP contribution in [0.3, 0.4) is 0 Å². The number of amides is 1. The van der Waals surface area contributed by atoms with Crippen molar-refractivity contribution >= 4 is 40.5 Å². The van der Waals surface area contributed by atoms with E-state index < -0.39 is 6.04 Å². The summed E-state index contributed by atoms with van der Waals surface area (Å²) in [5, 5.41) is 13.1. The van der Waals surface area contributed by atoms with Gasteiger partial charge in [0, 0.05) is 10.6 Å². The summed E-state index contributed by atoms with van der Waals surface area (Å²) in [4.78, 5) is 14.0. The third kappa shape index (κ3) is 2.46. The number of carbonyl (C=O) groups excluding carboxylic acids is 1. The van der Waals surface area contributed by atoms with E-state index in [0.717, 1.165) is 0 Å². The fourth-order valence-electron chi connectivity index (χ4n) is 2.25. The molecule has 6 heteroatoms. The number of carbonyl (C=O) groups is 1. The molecule has 2 aromatic carbocycles. The number of halogens is 1. The van der Waals surface area contributed by atoms with Gasteiger partial charge in [-0.05, 0) is 42.5 Å². The molecule has 1 atom stereocenters. The van der Waals surface area contributed by atoms with Crippen LogP contribution in [0.4, 0.5) is 5.69 Å². The molecule has 4 nitrogen and oxygen atoms in total. The molecular weight excluding hydrogens is 308 g/mol. The molecule has 1 aliphatic rings. The van der Waals surface area contributed by atoms with Crippen LogP contribution in [0.25, 0.3) is 0 Å². The topological polar surface area (TPSA) is 52.6 Å². The predicted molar refractivity (Wildman–Crippen MR) is 85.5 cm³/mol. The summed E-state index contributed by atoms with van der Waals surface area (Å²) in [7, 11) is 0. The first-order valence-electron chi connectivity index (χ1n) is 6.26. The summed E-state index contributed by atoms with van der Waals surface area (Å²) >= 11 is 11.4. The van der Waals surface area contributed by atoms with Crippen molar-refractivity contribution in [2.24, 2.45) is 0 Å². The molecule has 1 aliphatic heterocycles. The number of aromatic hydroxyl groups is 1. The van der Waals surface area contributed by atoms with Gasteiger partial charge in [0.15, 0.2) is 5.11 Å². The van der Waals surface area contributed by atoms with Gasteiger partial charge in [-0.25, -0.2) is 0 Å². The number of rotatable bonds is 2. The average molecular weight is 319 g/mol. The summed E-state index contributed by atoms with van der Waals surface area (Å²) in [6.45, 7) is 0. The molecule has 1 saturated heterocycles. The minimum atomic E-state index is -0.597. The molecule has 2 N–H and O–H groups in total. The summed E-state index contributed by atoms with van der Waals surface area (Å²) in [6.07, 6.45) is 0. The van der Waals surface area contributed by atoms with E-state index in [-0.39, 0.29) is 11.7 Å². The van der Waals surface area contributed by atoms with Crippen LogP contribution >= 0.6 is 23.8 Å².